The first-order valence-electron chi connectivity index (χ1n) is 15.9. The highest BCUT2D eigenvalue weighted by Gasteiger charge is 2.18. The Hall–Kier alpha value is -6.32. The van der Waals surface area contributed by atoms with E-state index in [-0.39, 0.29) is 0 Å². The lowest BCUT2D eigenvalue weighted by Gasteiger charge is -2.25. The van der Waals surface area contributed by atoms with Crippen molar-refractivity contribution in [3.63, 3.8) is 0 Å². The largest absolute Gasteiger partial charge is 0.311 e. The van der Waals surface area contributed by atoms with Gasteiger partial charge in [0.25, 0.3) is 0 Å². The van der Waals surface area contributed by atoms with Crippen molar-refractivity contribution in [1.82, 2.24) is 9.97 Å². The van der Waals surface area contributed by atoms with Crippen LogP contribution in [0.2, 0.25) is 0 Å². The number of aromatic nitrogens is 2. The molecule has 0 radical (unpaired) electrons. The highest BCUT2D eigenvalue weighted by molar-refractivity contribution is 5.99. The van der Waals surface area contributed by atoms with Gasteiger partial charge in [0, 0.05) is 33.8 Å². The lowest BCUT2D eigenvalue weighted by molar-refractivity contribution is 1.27. The summed E-state index contributed by atoms with van der Waals surface area (Å²) in [5, 5.41) is 0. The zero-order valence-corrected chi connectivity index (χ0v) is 25.7. The average Bonchev–Trinajstić information content (AvgIpc) is 3.16. The van der Waals surface area contributed by atoms with E-state index in [0.29, 0.717) is 0 Å². The molecule has 8 rings (SSSR count). The Labute approximate surface area is 275 Å². The van der Waals surface area contributed by atoms with Crippen LogP contribution in [-0.4, -0.2) is 9.97 Å². The first kappa shape index (κ1) is 28.2. The first-order valence-corrected chi connectivity index (χ1v) is 15.9. The van der Waals surface area contributed by atoms with Crippen LogP contribution in [-0.2, 0) is 0 Å². The van der Waals surface area contributed by atoms with Gasteiger partial charge in [-0.1, -0.05) is 146 Å². The molecule has 0 unspecified atom stereocenters. The summed E-state index contributed by atoms with van der Waals surface area (Å²) in [6.07, 6.45) is 0. The van der Waals surface area contributed by atoms with Crippen molar-refractivity contribution >= 4 is 28.1 Å². The molecule has 0 saturated heterocycles. The van der Waals surface area contributed by atoms with E-state index in [1.165, 1.54) is 11.1 Å². The Balaban J connectivity index is 1.28. The maximum absolute atomic E-state index is 5.41. The summed E-state index contributed by atoms with van der Waals surface area (Å²) in [4.78, 5) is 13.0. The van der Waals surface area contributed by atoms with E-state index < -0.39 is 0 Å². The van der Waals surface area contributed by atoms with Crippen molar-refractivity contribution in [2.45, 2.75) is 0 Å². The van der Waals surface area contributed by atoms with Gasteiger partial charge in [0.2, 0.25) is 0 Å². The third kappa shape index (κ3) is 5.56. The van der Waals surface area contributed by atoms with Crippen LogP contribution in [0.1, 0.15) is 0 Å². The minimum atomic E-state index is 0.856. The van der Waals surface area contributed by atoms with Gasteiger partial charge < -0.3 is 4.90 Å². The molecule has 0 spiro atoms. The Bertz CT molecular complexity index is 2230. The highest BCUT2D eigenvalue weighted by Crippen LogP contribution is 2.39. The fourth-order valence-corrected chi connectivity index (χ4v) is 6.25. The van der Waals surface area contributed by atoms with E-state index in [1.54, 1.807) is 0 Å². The van der Waals surface area contributed by atoms with Gasteiger partial charge in [-0.3, -0.25) is 0 Å². The van der Waals surface area contributed by atoms with Gasteiger partial charge in [-0.2, -0.15) is 0 Å². The van der Waals surface area contributed by atoms with Crippen molar-refractivity contribution in [2.24, 2.45) is 0 Å². The van der Waals surface area contributed by atoms with Gasteiger partial charge in [-0.25, -0.2) is 9.97 Å². The molecular formula is C44H31N3. The molecule has 0 saturated carbocycles. The number of hydrogen-bond donors (Lipinski definition) is 0. The van der Waals surface area contributed by atoms with E-state index >= 15 is 0 Å². The Morgan fingerprint density at radius 1 is 0.298 bits per heavy atom. The Kier molecular flexibility index (Phi) is 7.54. The zero-order chi connectivity index (χ0) is 31.4. The molecule has 0 N–H and O–H groups in total. The lowest BCUT2D eigenvalue weighted by Crippen LogP contribution is -2.09. The monoisotopic (exact) mass is 601 g/mol. The normalized spacial score (nSPS) is 11.0. The van der Waals surface area contributed by atoms with Gasteiger partial charge in [0.1, 0.15) is 0 Å². The summed E-state index contributed by atoms with van der Waals surface area (Å²) >= 11 is 0. The van der Waals surface area contributed by atoms with Crippen LogP contribution in [0, 0.1) is 0 Å². The van der Waals surface area contributed by atoms with E-state index in [4.69, 9.17) is 9.97 Å². The van der Waals surface area contributed by atoms with Crippen LogP contribution < -0.4 is 4.90 Å². The van der Waals surface area contributed by atoms with E-state index in [0.717, 1.165) is 61.7 Å². The van der Waals surface area contributed by atoms with Crippen LogP contribution in [0.3, 0.4) is 0 Å². The second-order valence-electron chi connectivity index (χ2n) is 11.4. The Morgan fingerprint density at radius 3 is 1.36 bits per heavy atom. The smallest absolute Gasteiger partial charge is 0.0973 e. The number of para-hydroxylation sites is 3. The van der Waals surface area contributed by atoms with Crippen molar-refractivity contribution in [2.75, 3.05) is 4.90 Å². The van der Waals surface area contributed by atoms with Crippen LogP contribution in [0.25, 0.3) is 55.8 Å². The zero-order valence-electron chi connectivity index (χ0n) is 25.7. The van der Waals surface area contributed by atoms with Crippen molar-refractivity contribution in [3.05, 3.63) is 188 Å². The van der Waals surface area contributed by atoms with Gasteiger partial charge in [-0.05, 0) is 59.2 Å². The van der Waals surface area contributed by atoms with Crippen molar-refractivity contribution in [1.29, 1.82) is 0 Å². The minimum absolute atomic E-state index is 0.856. The fourth-order valence-electron chi connectivity index (χ4n) is 6.25. The van der Waals surface area contributed by atoms with E-state index in [1.807, 2.05) is 18.2 Å². The van der Waals surface area contributed by atoms with Crippen LogP contribution in [0.5, 0.6) is 0 Å². The molecule has 222 valence electrons. The number of hydrogen-bond acceptors (Lipinski definition) is 3. The van der Waals surface area contributed by atoms with Crippen LogP contribution in [0.4, 0.5) is 17.1 Å². The van der Waals surface area contributed by atoms with Gasteiger partial charge in [-0.15, -0.1) is 0 Å². The molecule has 0 aliphatic carbocycles. The summed E-state index contributed by atoms with van der Waals surface area (Å²) < 4.78 is 0. The molecule has 1 aromatic heterocycles. The van der Waals surface area contributed by atoms with Gasteiger partial charge in [0.15, 0.2) is 0 Å². The quantitative estimate of drug-likeness (QED) is 0.182. The summed E-state index contributed by atoms with van der Waals surface area (Å²) in [5.41, 5.74) is 13.3. The third-order valence-electron chi connectivity index (χ3n) is 8.47. The molecular weight excluding hydrogens is 571 g/mol. The van der Waals surface area contributed by atoms with Crippen LogP contribution >= 0.6 is 0 Å². The molecule has 7 aromatic carbocycles. The summed E-state index contributed by atoms with van der Waals surface area (Å²) in [6, 6.07) is 65.3. The highest BCUT2D eigenvalue weighted by atomic mass is 15.1. The minimum Gasteiger partial charge on any atom is -0.311 e. The van der Waals surface area contributed by atoms with Crippen molar-refractivity contribution in [3.8, 4) is 44.8 Å². The molecule has 0 amide bonds. The molecule has 0 aliphatic heterocycles. The molecule has 0 fully saturated rings. The summed E-state index contributed by atoms with van der Waals surface area (Å²) in [6.45, 7) is 0. The van der Waals surface area contributed by atoms with Gasteiger partial charge in [0.05, 0.1) is 22.4 Å². The maximum Gasteiger partial charge on any atom is 0.0973 e. The molecule has 0 bridgehead atoms. The topological polar surface area (TPSA) is 29.0 Å². The number of fused-ring (bicyclic) bond motifs is 1. The summed E-state index contributed by atoms with van der Waals surface area (Å²) in [5.74, 6) is 0. The average molecular weight is 602 g/mol. The standard InChI is InChI=1S/C44H31N3/c1-5-16-32(17-6-1)38-24-13-14-25-39(38)40-26-15-27-41-44(40)46-43(33-18-7-2-8-19-33)42(45-41)34-28-30-37(31-29-34)47(35-20-9-3-10-21-35)36-22-11-4-12-23-36/h1-31H. The molecule has 3 heteroatoms. The van der Waals surface area contributed by atoms with Crippen molar-refractivity contribution < 1.29 is 0 Å². The molecule has 1 heterocycles. The number of rotatable bonds is 7. The fraction of sp³-hybridized carbons (Fsp3) is 0. The molecule has 0 aliphatic rings. The molecule has 3 nitrogen and oxygen atoms in total. The second kappa shape index (κ2) is 12.6. The third-order valence-corrected chi connectivity index (χ3v) is 8.47. The van der Waals surface area contributed by atoms with E-state index in [2.05, 4.69) is 175 Å². The number of anilines is 3. The predicted octanol–water partition coefficient (Wildman–Crippen LogP) is 11.8. The molecule has 8 aromatic rings. The van der Waals surface area contributed by atoms with Gasteiger partial charge >= 0.3 is 0 Å². The molecule has 47 heavy (non-hydrogen) atoms. The maximum atomic E-state index is 5.41. The number of benzene rings is 7. The summed E-state index contributed by atoms with van der Waals surface area (Å²) in [7, 11) is 0. The van der Waals surface area contributed by atoms with Crippen LogP contribution in [0.15, 0.2) is 188 Å². The Morgan fingerprint density at radius 2 is 0.745 bits per heavy atom. The predicted molar refractivity (Wildman–Crippen MR) is 196 cm³/mol. The molecule has 0 atom stereocenters. The lowest BCUT2D eigenvalue weighted by atomic mass is 9.93. The first-order chi connectivity index (χ1) is 23.3. The SMILES string of the molecule is c1ccc(-c2ccccc2-c2cccc3nc(-c4ccc(N(c5ccccc5)c5ccccc5)cc4)c(-c4ccccc4)nc23)cc1. The number of nitrogens with zero attached hydrogens (tertiary/aromatic N) is 3. The van der Waals surface area contributed by atoms with E-state index in [9.17, 15) is 0 Å². The second-order valence-corrected chi connectivity index (χ2v) is 11.4.